The first kappa shape index (κ1) is 17.2. The van der Waals surface area contributed by atoms with E-state index < -0.39 is 0 Å². The molecule has 0 saturated heterocycles. The van der Waals surface area contributed by atoms with E-state index in [1.807, 2.05) is 12.1 Å². The molecule has 0 aliphatic rings. The Kier molecular flexibility index (Phi) is 6.37. The Balaban J connectivity index is 2.34. The van der Waals surface area contributed by atoms with Gasteiger partial charge >= 0.3 is 0 Å². The molecule has 1 heteroatoms. The Hall–Kier alpha value is -2.12. The maximum absolute atomic E-state index is 6.49. The van der Waals surface area contributed by atoms with Crippen molar-refractivity contribution in [2.75, 3.05) is 0 Å². The van der Waals surface area contributed by atoms with Crippen LogP contribution in [-0.2, 0) is 4.74 Å². The number of hydrogen-bond acceptors (Lipinski definition) is 1. The van der Waals surface area contributed by atoms with Gasteiger partial charge in [0.2, 0.25) is 0 Å². The molecular weight excluding hydrogens is 280 g/mol. The van der Waals surface area contributed by atoms with Crippen LogP contribution in [0.1, 0.15) is 51.0 Å². The normalized spacial score (nSPS) is 13.0. The summed E-state index contributed by atoms with van der Waals surface area (Å²) in [6, 6.07) is 20.8. The summed E-state index contributed by atoms with van der Waals surface area (Å²) in [5.41, 5.74) is 4.86. The average molecular weight is 306 g/mol. The summed E-state index contributed by atoms with van der Waals surface area (Å²) in [7, 11) is 0. The zero-order chi connectivity index (χ0) is 16.7. The van der Waals surface area contributed by atoms with Gasteiger partial charge in [-0.2, -0.15) is 0 Å². The van der Waals surface area contributed by atoms with Crippen LogP contribution >= 0.6 is 0 Å². The molecule has 0 aliphatic heterocycles. The summed E-state index contributed by atoms with van der Waals surface area (Å²) in [6.45, 7) is 8.44. The number of benzene rings is 2. The Morgan fingerprint density at radius 1 is 0.652 bits per heavy atom. The van der Waals surface area contributed by atoms with Crippen molar-refractivity contribution in [3.8, 4) is 0 Å². The van der Waals surface area contributed by atoms with Crippen molar-refractivity contribution in [2.24, 2.45) is 0 Å². The van der Waals surface area contributed by atoms with Crippen LogP contribution in [0.5, 0.6) is 0 Å². The molecule has 2 rings (SSSR count). The summed E-state index contributed by atoms with van der Waals surface area (Å²) in [5, 5.41) is 0. The first-order chi connectivity index (χ1) is 11.1. The van der Waals surface area contributed by atoms with Gasteiger partial charge in [0.15, 0.2) is 0 Å². The quantitative estimate of drug-likeness (QED) is 0.560. The summed E-state index contributed by atoms with van der Waals surface area (Å²) in [6.07, 6.45) is 4.26. The second-order valence-corrected chi connectivity index (χ2v) is 6.29. The predicted molar refractivity (Wildman–Crippen MR) is 98.3 cm³/mol. The third-order valence-electron chi connectivity index (χ3n) is 3.52. The van der Waals surface area contributed by atoms with Crippen LogP contribution in [0.2, 0.25) is 0 Å². The van der Waals surface area contributed by atoms with Crippen molar-refractivity contribution < 1.29 is 4.74 Å². The molecule has 0 saturated carbocycles. The summed E-state index contributed by atoms with van der Waals surface area (Å²) in [4.78, 5) is 0. The Morgan fingerprint density at radius 2 is 1.00 bits per heavy atom. The molecule has 2 unspecified atom stereocenters. The second kappa shape index (κ2) is 8.50. The monoisotopic (exact) mass is 306 g/mol. The molecule has 0 bridgehead atoms. The summed E-state index contributed by atoms with van der Waals surface area (Å²) >= 11 is 0. The van der Waals surface area contributed by atoms with Crippen molar-refractivity contribution in [1.82, 2.24) is 0 Å². The highest BCUT2D eigenvalue weighted by Gasteiger charge is 2.16. The van der Waals surface area contributed by atoms with Gasteiger partial charge in [-0.15, -0.1) is 0 Å². The molecule has 120 valence electrons. The molecule has 0 N–H and O–H groups in total. The van der Waals surface area contributed by atoms with Crippen LogP contribution in [0, 0.1) is 0 Å². The van der Waals surface area contributed by atoms with Gasteiger partial charge in [-0.25, -0.2) is 0 Å². The van der Waals surface area contributed by atoms with E-state index in [1.165, 1.54) is 22.3 Å². The summed E-state index contributed by atoms with van der Waals surface area (Å²) in [5.74, 6) is 0. The van der Waals surface area contributed by atoms with Gasteiger partial charge in [-0.05, 0) is 38.8 Å². The van der Waals surface area contributed by atoms with Crippen LogP contribution in [0.25, 0.3) is 0 Å². The minimum absolute atomic E-state index is 0.0537. The third-order valence-corrected chi connectivity index (χ3v) is 3.52. The number of ether oxygens (including phenoxy) is 1. The molecule has 0 amide bonds. The van der Waals surface area contributed by atoms with Gasteiger partial charge < -0.3 is 4.74 Å². The topological polar surface area (TPSA) is 9.23 Å². The Labute approximate surface area is 140 Å². The average Bonchev–Trinajstić information content (AvgIpc) is 2.54. The maximum atomic E-state index is 6.49. The first-order valence-corrected chi connectivity index (χ1v) is 8.11. The van der Waals surface area contributed by atoms with Gasteiger partial charge in [-0.1, -0.05) is 84.0 Å². The number of allylic oxidation sites excluding steroid dienone is 2. The molecule has 0 fully saturated rings. The number of rotatable bonds is 6. The van der Waals surface area contributed by atoms with Gasteiger partial charge in [0.05, 0.1) is 0 Å². The van der Waals surface area contributed by atoms with E-state index >= 15 is 0 Å². The zero-order valence-corrected chi connectivity index (χ0v) is 14.5. The molecule has 0 aromatic heterocycles. The van der Waals surface area contributed by atoms with Crippen LogP contribution < -0.4 is 0 Å². The van der Waals surface area contributed by atoms with Crippen molar-refractivity contribution in [2.45, 2.75) is 39.9 Å². The van der Waals surface area contributed by atoms with Gasteiger partial charge in [0, 0.05) is 0 Å². The number of hydrogen-bond donors (Lipinski definition) is 0. The molecule has 0 radical (unpaired) electrons. The standard InChI is InChI=1S/C22H26O/c1-17(2)15-21(19-11-7-5-8-12-19)23-22(16-18(3)4)20-13-9-6-10-14-20/h5-16,21-22H,1-4H3. The van der Waals surface area contributed by atoms with E-state index in [9.17, 15) is 0 Å². The van der Waals surface area contributed by atoms with Crippen molar-refractivity contribution >= 4 is 0 Å². The molecule has 1 nitrogen and oxygen atoms in total. The minimum atomic E-state index is -0.0537. The Morgan fingerprint density at radius 3 is 1.30 bits per heavy atom. The molecule has 0 spiro atoms. The van der Waals surface area contributed by atoms with E-state index in [1.54, 1.807) is 0 Å². The van der Waals surface area contributed by atoms with Gasteiger partial charge in [0.1, 0.15) is 12.2 Å². The fourth-order valence-corrected chi connectivity index (χ4v) is 2.48. The molecule has 2 aromatic carbocycles. The molecule has 2 atom stereocenters. The van der Waals surface area contributed by atoms with Crippen LogP contribution in [0.15, 0.2) is 84.0 Å². The third kappa shape index (κ3) is 5.54. The van der Waals surface area contributed by atoms with E-state index in [4.69, 9.17) is 4.74 Å². The van der Waals surface area contributed by atoms with E-state index in [0.717, 1.165) is 0 Å². The molecule has 0 heterocycles. The summed E-state index contributed by atoms with van der Waals surface area (Å²) < 4.78 is 6.49. The lowest BCUT2D eigenvalue weighted by Gasteiger charge is -2.22. The highest BCUT2D eigenvalue weighted by molar-refractivity contribution is 5.26. The first-order valence-electron chi connectivity index (χ1n) is 8.11. The van der Waals surface area contributed by atoms with E-state index in [2.05, 4.69) is 88.4 Å². The predicted octanol–water partition coefficient (Wildman–Crippen LogP) is 6.42. The maximum Gasteiger partial charge on any atom is 0.102 e. The van der Waals surface area contributed by atoms with Crippen molar-refractivity contribution in [3.05, 3.63) is 95.1 Å². The highest BCUT2D eigenvalue weighted by atomic mass is 16.5. The van der Waals surface area contributed by atoms with Crippen LogP contribution in [-0.4, -0.2) is 0 Å². The fourth-order valence-electron chi connectivity index (χ4n) is 2.48. The molecule has 23 heavy (non-hydrogen) atoms. The fraction of sp³-hybridized carbons (Fsp3) is 0.273. The molecule has 0 aliphatic carbocycles. The van der Waals surface area contributed by atoms with Crippen LogP contribution in [0.4, 0.5) is 0 Å². The SMILES string of the molecule is CC(C)=CC(OC(C=C(C)C)c1ccccc1)c1ccccc1. The van der Waals surface area contributed by atoms with E-state index in [0.29, 0.717) is 0 Å². The Bertz CT molecular complexity index is 585. The van der Waals surface area contributed by atoms with Crippen molar-refractivity contribution in [1.29, 1.82) is 0 Å². The second-order valence-electron chi connectivity index (χ2n) is 6.29. The molecular formula is C22H26O. The largest absolute Gasteiger partial charge is 0.357 e. The molecule has 2 aromatic rings. The lowest BCUT2D eigenvalue weighted by atomic mass is 10.0. The van der Waals surface area contributed by atoms with Gasteiger partial charge in [-0.3, -0.25) is 0 Å². The minimum Gasteiger partial charge on any atom is -0.357 e. The zero-order valence-electron chi connectivity index (χ0n) is 14.5. The lowest BCUT2D eigenvalue weighted by molar-refractivity contribution is 0.0390. The van der Waals surface area contributed by atoms with Crippen LogP contribution in [0.3, 0.4) is 0 Å². The smallest absolute Gasteiger partial charge is 0.102 e. The lowest BCUT2D eigenvalue weighted by Crippen LogP contribution is -2.08. The highest BCUT2D eigenvalue weighted by Crippen LogP contribution is 2.30. The van der Waals surface area contributed by atoms with Gasteiger partial charge in [0.25, 0.3) is 0 Å². The van der Waals surface area contributed by atoms with E-state index in [-0.39, 0.29) is 12.2 Å². The van der Waals surface area contributed by atoms with Crippen molar-refractivity contribution in [3.63, 3.8) is 0 Å².